The van der Waals surface area contributed by atoms with Crippen molar-refractivity contribution in [3.8, 4) is 0 Å². The fraction of sp³-hybridized carbons (Fsp3) is 0.0625. The van der Waals surface area contributed by atoms with E-state index in [0.717, 1.165) is 11.3 Å². The largest absolute Gasteiger partial charge is 0.376 e. The van der Waals surface area contributed by atoms with Gasteiger partial charge in [-0.05, 0) is 10.9 Å². The number of halogens is 2. The van der Waals surface area contributed by atoms with Crippen molar-refractivity contribution in [1.29, 1.82) is 0 Å². The predicted octanol–water partition coefficient (Wildman–Crippen LogP) is 4.95. The second-order valence-electron chi connectivity index (χ2n) is 5.00. The van der Waals surface area contributed by atoms with Gasteiger partial charge in [0.15, 0.2) is 5.78 Å². The van der Waals surface area contributed by atoms with Crippen molar-refractivity contribution in [1.82, 2.24) is 0 Å². The van der Waals surface area contributed by atoms with Crippen LogP contribution >= 0.6 is 45.9 Å². The maximum atomic E-state index is 12.7. The highest BCUT2D eigenvalue weighted by atomic mass is 35.5. The number of hydrogen-bond donors (Lipinski definition) is 1. The Morgan fingerprint density at radius 3 is 2.50 bits per heavy atom. The zero-order chi connectivity index (χ0) is 15.5. The van der Waals surface area contributed by atoms with Crippen LogP contribution in [0, 0.1) is 0 Å². The first kappa shape index (κ1) is 14.4. The van der Waals surface area contributed by atoms with Crippen molar-refractivity contribution in [2.45, 2.75) is 5.60 Å². The Labute approximate surface area is 144 Å². The molecule has 1 atom stereocenters. The van der Waals surface area contributed by atoms with E-state index >= 15 is 0 Å². The molecule has 0 aliphatic heterocycles. The Balaban J connectivity index is 2.14. The van der Waals surface area contributed by atoms with Gasteiger partial charge in [-0.2, -0.15) is 11.3 Å². The van der Waals surface area contributed by atoms with E-state index in [2.05, 4.69) is 0 Å². The van der Waals surface area contributed by atoms with Gasteiger partial charge >= 0.3 is 0 Å². The summed E-state index contributed by atoms with van der Waals surface area (Å²) >= 11 is 15.0. The van der Waals surface area contributed by atoms with E-state index in [1.165, 1.54) is 11.3 Å². The second-order valence-corrected chi connectivity index (χ2v) is 7.97. The smallest absolute Gasteiger partial charge is 0.197 e. The van der Waals surface area contributed by atoms with Crippen LogP contribution in [0.1, 0.15) is 32.6 Å². The molecule has 0 spiro atoms. The molecule has 1 unspecified atom stereocenters. The normalized spacial score (nSPS) is 19.9. The first-order valence-corrected chi connectivity index (χ1v) is 8.94. The highest BCUT2D eigenvalue weighted by Gasteiger charge is 2.47. The topological polar surface area (TPSA) is 37.3 Å². The summed E-state index contributed by atoms with van der Waals surface area (Å²) in [6, 6.07) is 9.21. The molecule has 4 rings (SSSR count). The van der Waals surface area contributed by atoms with E-state index in [1.54, 1.807) is 10.8 Å². The minimum atomic E-state index is -1.46. The third kappa shape index (κ3) is 1.73. The molecule has 2 heterocycles. The number of aliphatic hydroxyl groups is 1. The predicted molar refractivity (Wildman–Crippen MR) is 90.6 cm³/mol. The van der Waals surface area contributed by atoms with E-state index in [-0.39, 0.29) is 5.78 Å². The zero-order valence-electron chi connectivity index (χ0n) is 11.0. The van der Waals surface area contributed by atoms with Crippen LogP contribution in [0.5, 0.6) is 0 Å². The summed E-state index contributed by atoms with van der Waals surface area (Å²) in [5, 5.41) is 15.1. The van der Waals surface area contributed by atoms with Crippen LogP contribution in [0.25, 0.3) is 0 Å². The lowest BCUT2D eigenvalue weighted by Crippen LogP contribution is -2.35. The summed E-state index contributed by atoms with van der Waals surface area (Å²) < 4.78 is 0.660. The van der Waals surface area contributed by atoms with Crippen molar-refractivity contribution >= 4 is 51.7 Å². The lowest BCUT2D eigenvalue weighted by molar-refractivity contribution is 0.0955. The number of hydrogen-bond acceptors (Lipinski definition) is 4. The van der Waals surface area contributed by atoms with Crippen molar-refractivity contribution in [2.75, 3.05) is 0 Å². The summed E-state index contributed by atoms with van der Waals surface area (Å²) in [5.74, 6) is -0.181. The summed E-state index contributed by atoms with van der Waals surface area (Å²) in [4.78, 5) is 12.7. The fourth-order valence-corrected chi connectivity index (χ4v) is 5.58. The van der Waals surface area contributed by atoms with Gasteiger partial charge in [-0.25, -0.2) is 0 Å². The summed E-state index contributed by atoms with van der Waals surface area (Å²) in [5.41, 5.74) is 0.971. The molecule has 0 saturated carbocycles. The zero-order valence-corrected chi connectivity index (χ0v) is 14.1. The van der Waals surface area contributed by atoms with Gasteiger partial charge in [0.1, 0.15) is 14.3 Å². The van der Waals surface area contributed by atoms with Crippen LogP contribution in [0.15, 0.2) is 41.1 Å². The van der Waals surface area contributed by atoms with Gasteiger partial charge in [0.2, 0.25) is 0 Å². The standard InChI is InChI=1S/C16H8Cl2O2S2/c17-14-11-12(15(18)22-14)16(20,8-4-2-1-3-5-8)10-7-21-6-9(10)13(11)19/h1-7,20H. The Kier molecular flexibility index (Phi) is 3.22. The second kappa shape index (κ2) is 4.91. The van der Waals surface area contributed by atoms with Crippen molar-refractivity contribution in [3.63, 3.8) is 0 Å². The van der Waals surface area contributed by atoms with Gasteiger partial charge in [-0.15, -0.1) is 11.3 Å². The van der Waals surface area contributed by atoms with Crippen LogP contribution in [0.4, 0.5) is 0 Å². The van der Waals surface area contributed by atoms with Crippen LogP contribution in [-0.2, 0) is 5.60 Å². The molecule has 110 valence electrons. The van der Waals surface area contributed by atoms with E-state index in [0.29, 0.717) is 36.5 Å². The number of carbonyl (C=O) groups is 1. The minimum absolute atomic E-state index is 0.181. The molecular weight excluding hydrogens is 359 g/mol. The minimum Gasteiger partial charge on any atom is -0.376 e. The lowest BCUT2D eigenvalue weighted by atomic mass is 9.74. The molecule has 22 heavy (non-hydrogen) atoms. The molecular formula is C16H8Cl2O2S2. The molecule has 2 nitrogen and oxygen atoms in total. The van der Waals surface area contributed by atoms with E-state index in [4.69, 9.17) is 23.2 Å². The SMILES string of the molecule is O=C1c2cscc2C(O)(c2ccccc2)c2c(Cl)sc(Cl)c21. The average molecular weight is 367 g/mol. The summed E-state index contributed by atoms with van der Waals surface area (Å²) in [6.45, 7) is 0. The van der Waals surface area contributed by atoms with E-state index in [9.17, 15) is 9.90 Å². The van der Waals surface area contributed by atoms with Gasteiger partial charge in [-0.3, -0.25) is 4.79 Å². The van der Waals surface area contributed by atoms with Crippen LogP contribution in [-0.4, -0.2) is 10.9 Å². The van der Waals surface area contributed by atoms with E-state index < -0.39 is 5.60 Å². The van der Waals surface area contributed by atoms with Crippen molar-refractivity contribution in [2.24, 2.45) is 0 Å². The highest BCUT2D eigenvalue weighted by molar-refractivity contribution is 7.20. The van der Waals surface area contributed by atoms with Gasteiger partial charge in [0.05, 0.1) is 5.56 Å². The van der Waals surface area contributed by atoms with E-state index in [1.807, 2.05) is 30.3 Å². The number of fused-ring (bicyclic) bond motifs is 2. The molecule has 1 N–H and O–H groups in total. The van der Waals surface area contributed by atoms with Crippen molar-refractivity contribution < 1.29 is 9.90 Å². The maximum absolute atomic E-state index is 12.7. The molecule has 6 heteroatoms. The molecule has 0 fully saturated rings. The number of thiophene rings is 2. The molecule has 0 radical (unpaired) electrons. The van der Waals surface area contributed by atoms with Crippen molar-refractivity contribution in [3.05, 3.63) is 77.6 Å². The Morgan fingerprint density at radius 1 is 1.05 bits per heavy atom. The average Bonchev–Trinajstić information content (AvgIpc) is 3.11. The molecule has 1 aliphatic carbocycles. The molecule has 2 aromatic heterocycles. The monoisotopic (exact) mass is 366 g/mol. The summed E-state index contributed by atoms with van der Waals surface area (Å²) in [7, 11) is 0. The summed E-state index contributed by atoms with van der Waals surface area (Å²) in [6.07, 6.45) is 0. The first-order chi connectivity index (χ1) is 10.5. The molecule has 3 aromatic rings. The number of rotatable bonds is 1. The van der Waals surface area contributed by atoms with Gasteiger partial charge in [-0.1, -0.05) is 53.5 Å². The quantitative estimate of drug-likeness (QED) is 0.661. The Morgan fingerprint density at radius 2 is 1.77 bits per heavy atom. The van der Waals surface area contributed by atoms with Crippen LogP contribution in [0.2, 0.25) is 8.67 Å². The molecule has 1 aliphatic rings. The van der Waals surface area contributed by atoms with Gasteiger partial charge in [0, 0.05) is 22.1 Å². The third-order valence-corrected chi connectivity index (χ3v) is 6.25. The number of ketones is 1. The Bertz CT molecular complexity index is 898. The van der Waals surface area contributed by atoms with Gasteiger partial charge < -0.3 is 5.11 Å². The third-order valence-electron chi connectivity index (χ3n) is 3.90. The maximum Gasteiger partial charge on any atom is 0.197 e. The number of carbonyl (C=O) groups excluding carboxylic acids is 1. The molecule has 0 bridgehead atoms. The first-order valence-electron chi connectivity index (χ1n) is 6.42. The van der Waals surface area contributed by atoms with Crippen LogP contribution in [0.3, 0.4) is 0 Å². The fourth-order valence-electron chi connectivity index (χ4n) is 2.90. The number of benzene rings is 1. The van der Waals surface area contributed by atoms with Crippen LogP contribution < -0.4 is 0 Å². The molecule has 1 aromatic carbocycles. The lowest BCUT2D eigenvalue weighted by Gasteiger charge is -2.33. The molecule has 0 saturated heterocycles. The highest BCUT2D eigenvalue weighted by Crippen LogP contribution is 2.53. The van der Waals surface area contributed by atoms with Gasteiger partial charge in [0.25, 0.3) is 0 Å². The Hall–Kier alpha value is -1.17. The molecule has 0 amide bonds.